The number of aryl methyl sites for hydroxylation is 2. The van der Waals surface area contributed by atoms with Crippen LogP contribution in [0, 0.1) is 13.8 Å². The van der Waals surface area contributed by atoms with Crippen LogP contribution in [0.4, 0.5) is 0 Å². The molecule has 1 aliphatic heterocycles. The van der Waals surface area contributed by atoms with E-state index in [-0.39, 0.29) is 19.2 Å². The second kappa shape index (κ2) is 5.48. The quantitative estimate of drug-likeness (QED) is 0.641. The van der Waals surface area contributed by atoms with Gasteiger partial charge in [0, 0.05) is 6.07 Å². The van der Waals surface area contributed by atoms with Gasteiger partial charge in [0.15, 0.2) is 11.5 Å². The first-order chi connectivity index (χ1) is 10.1. The fourth-order valence-electron chi connectivity index (χ4n) is 2.19. The van der Waals surface area contributed by atoms with Crippen LogP contribution in [0.3, 0.4) is 0 Å². The predicted octanol–water partition coefficient (Wildman–Crippen LogP) is 3.18. The average Bonchev–Trinajstić information content (AvgIpc) is 2.90. The highest BCUT2D eigenvalue weighted by molar-refractivity contribution is 5.75. The van der Waals surface area contributed by atoms with Gasteiger partial charge in [-0.2, -0.15) is 0 Å². The van der Waals surface area contributed by atoms with Crippen molar-refractivity contribution in [3.63, 3.8) is 0 Å². The molecule has 0 spiro atoms. The maximum Gasteiger partial charge on any atom is 0.315 e. The summed E-state index contributed by atoms with van der Waals surface area (Å²) in [7, 11) is 0. The van der Waals surface area contributed by atoms with E-state index >= 15 is 0 Å². The molecule has 0 aromatic heterocycles. The van der Waals surface area contributed by atoms with Gasteiger partial charge in [-0.05, 0) is 42.7 Å². The molecule has 21 heavy (non-hydrogen) atoms. The topological polar surface area (TPSA) is 44.8 Å². The van der Waals surface area contributed by atoms with Crippen LogP contribution in [0.5, 0.6) is 17.2 Å². The number of carbonyl (C=O) groups excluding carboxylic acids is 1. The van der Waals surface area contributed by atoms with Gasteiger partial charge in [-0.25, -0.2) is 0 Å². The number of fused-ring (bicyclic) bond motifs is 1. The molecule has 0 N–H and O–H groups in total. The van der Waals surface area contributed by atoms with Gasteiger partial charge in [-0.1, -0.05) is 18.2 Å². The fraction of sp³-hybridized carbons (Fsp3) is 0.235. The molecule has 0 amide bonds. The molecular weight excluding hydrogens is 268 g/mol. The molecule has 4 nitrogen and oxygen atoms in total. The maximum absolute atomic E-state index is 12.0. The molecule has 2 aromatic rings. The molecule has 4 heteroatoms. The Morgan fingerprint density at radius 2 is 1.86 bits per heavy atom. The van der Waals surface area contributed by atoms with E-state index in [4.69, 9.17) is 14.2 Å². The SMILES string of the molecule is Cc1ccc(CC(=O)Oc2ccc3c(c2)OCO3)cc1C. The third-order valence-corrected chi connectivity index (χ3v) is 3.50. The minimum atomic E-state index is -0.294. The highest BCUT2D eigenvalue weighted by atomic mass is 16.7. The highest BCUT2D eigenvalue weighted by Crippen LogP contribution is 2.35. The van der Waals surface area contributed by atoms with Crippen molar-refractivity contribution in [2.75, 3.05) is 6.79 Å². The molecule has 0 radical (unpaired) electrons. The van der Waals surface area contributed by atoms with Crippen LogP contribution in [0.2, 0.25) is 0 Å². The molecule has 1 aliphatic rings. The number of ether oxygens (including phenoxy) is 3. The summed E-state index contributed by atoms with van der Waals surface area (Å²) in [6, 6.07) is 11.1. The van der Waals surface area contributed by atoms with Crippen molar-refractivity contribution in [2.24, 2.45) is 0 Å². The molecule has 0 atom stereocenters. The molecule has 108 valence electrons. The zero-order valence-corrected chi connectivity index (χ0v) is 12.0. The molecule has 0 bridgehead atoms. The molecule has 1 heterocycles. The van der Waals surface area contributed by atoms with E-state index < -0.39 is 0 Å². The second-order valence-electron chi connectivity index (χ2n) is 5.08. The smallest absolute Gasteiger partial charge is 0.315 e. The zero-order chi connectivity index (χ0) is 14.8. The van der Waals surface area contributed by atoms with Gasteiger partial charge in [0.1, 0.15) is 5.75 Å². The number of hydrogen-bond donors (Lipinski definition) is 0. The summed E-state index contributed by atoms with van der Waals surface area (Å²) in [5.74, 6) is 1.45. The molecule has 3 rings (SSSR count). The largest absolute Gasteiger partial charge is 0.454 e. The summed E-state index contributed by atoms with van der Waals surface area (Å²) in [6.45, 7) is 4.28. The Morgan fingerprint density at radius 1 is 1.05 bits per heavy atom. The standard InChI is InChI=1S/C17H16O4/c1-11-3-4-13(7-12(11)2)8-17(18)21-14-5-6-15-16(9-14)20-10-19-15/h3-7,9H,8,10H2,1-2H3. The third-order valence-electron chi connectivity index (χ3n) is 3.50. The monoisotopic (exact) mass is 284 g/mol. The molecule has 0 fully saturated rings. The molecule has 0 aliphatic carbocycles. The Bertz CT molecular complexity index is 691. The van der Waals surface area contributed by atoms with Gasteiger partial charge < -0.3 is 14.2 Å². The van der Waals surface area contributed by atoms with E-state index in [0.717, 1.165) is 5.56 Å². The second-order valence-corrected chi connectivity index (χ2v) is 5.08. The van der Waals surface area contributed by atoms with Crippen molar-refractivity contribution in [3.8, 4) is 17.2 Å². The molecular formula is C17H16O4. The lowest BCUT2D eigenvalue weighted by Crippen LogP contribution is -2.11. The van der Waals surface area contributed by atoms with Crippen molar-refractivity contribution in [2.45, 2.75) is 20.3 Å². The highest BCUT2D eigenvalue weighted by Gasteiger charge is 2.15. The van der Waals surface area contributed by atoms with Gasteiger partial charge >= 0.3 is 5.97 Å². The van der Waals surface area contributed by atoms with E-state index in [1.807, 2.05) is 32.0 Å². The van der Waals surface area contributed by atoms with Gasteiger partial charge in [0.05, 0.1) is 6.42 Å². The summed E-state index contributed by atoms with van der Waals surface area (Å²) < 4.78 is 15.8. The summed E-state index contributed by atoms with van der Waals surface area (Å²) in [4.78, 5) is 12.0. The van der Waals surface area contributed by atoms with Gasteiger partial charge in [0.25, 0.3) is 0 Å². The lowest BCUT2D eigenvalue weighted by atomic mass is 10.0. The van der Waals surface area contributed by atoms with Crippen LogP contribution in [-0.4, -0.2) is 12.8 Å². The van der Waals surface area contributed by atoms with E-state index in [1.54, 1.807) is 18.2 Å². The van der Waals surface area contributed by atoms with E-state index in [9.17, 15) is 4.79 Å². The van der Waals surface area contributed by atoms with Crippen LogP contribution in [-0.2, 0) is 11.2 Å². The Morgan fingerprint density at radius 3 is 2.67 bits per heavy atom. The minimum absolute atomic E-state index is 0.204. The van der Waals surface area contributed by atoms with E-state index in [1.165, 1.54) is 11.1 Å². The summed E-state index contributed by atoms with van der Waals surface area (Å²) in [6.07, 6.45) is 0.246. The van der Waals surface area contributed by atoms with Crippen molar-refractivity contribution in [1.82, 2.24) is 0 Å². The van der Waals surface area contributed by atoms with E-state index in [0.29, 0.717) is 17.2 Å². The Labute approximate surface area is 123 Å². The lowest BCUT2D eigenvalue weighted by Gasteiger charge is -2.07. The Hall–Kier alpha value is -2.49. The Kier molecular flexibility index (Phi) is 3.52. The third kappa shape index (κ3) is 2.99. The van der Waals surface area contributed by atoms with Gasteiger partial charge in [0.2, 0.25) is 6.79 Å². The van der Waals surface area contributed by atoms with E-state index in [2.05, 4.69) is 0 Å². The van der Waals surface area contributed by atoms with Crippen molar-refractivity contribution in [1.29, 1.82) is 0 Å². The summed E-state index contributed by atoms with van der Waals surface area (Å²) >= 11 is 0. The minimum Gasteiger partial charge on any atom is -0.454 e. The summed E-state index contributed by atoms with van der Waals surface area (Å²) in [5.41, 5.74) is 3.33. The first kappa shape index (κ1) is 13.5. The van der Waals surface area contributed by atoms with Gasteiger partial charge in [-0.3, -0.25) is 4.79 Å². The average molecular weight is 284 g/mol. The molecule has 0 unspecified atom stereocenters. The predicted molar refractivity (Wildman–Crippen MR) is 77.8 cm³/mol. The normalized spacial score (nSPS) is 12.3. The number of hydrogen-bond acceptors (Lipinski definition) is 4. The zero-order valence-electron chi connectivity index (χ0n) is 12.0. The number of rotatable bonds is 3. The van der Waals surface area contributed by atoms with Crippen molar-refractivity contribution >= 4 is 5.97 Å². The van der Waals surface area contributed by atoms with Crippen LogP contribution in [0.1, 0.15) is 16.7 Å². The van der Waals surface area contributed by atoms with Crippen LogP contribution >= 0.6 is 0 Å². The Balaban J connectivity index is 1.67. The molecule has 0 saturated carbocycles. The number of carbonyl (C=O) groups is 1. The lowest BCUT2D eigenvalue weighted by molar-refractivity contribution is -0.133. The fourth-order valence-corrected chi connectivity index (χ4v) is 2.19. The number of esters is 1. The maximum atomic E-state index is 12.0. The van der Waals surface area contributed by atoms with Crippen LogP contribution < -0.4 is 14.2 Å². The van der Waals surface area contributed by atoms with Crippen LogP contribution in [0.25, 0.3) is 0 Å². The van der Waals surface area contributed by atoms with Gasteiger partial charge in [-0.15, -0.1) is 0 Å². The molecule has 0 saturated heterocycles. The van der Waals surface area contributed by atoms with Crippen molar-refractivity contribution < 1.29 is 19.0 Å². The first-order valence-corrected chi connectivity index (χ1v) is 6.78. The summed E-state index contributed by atoms with van der Waals surface area (Å²) in [5, 5.41) is 0. The first-order valence-electron chi connectivity index (χ1n) is 6.78. The number of benzene rings is 2. The van der Waals surface area contributed by atoms with Crippen molar-refractivity contribution in [3.05, 3.63) is 53.1 Å². The van der Waals surface area contributed by atoms with Crippen LogP contribution in [0.15, 0.2) is 36.4 Å². The molecule has 2 aromatic carbocycles.